The molecule has 3 rings (SSSR count). The fourth-order valence-corrected chi connectivity index (χ4v) is 7.51. The molecule has 0 radical (unpaired) electrons. The Labute approximate surface area is 165 Å². The van der Waals surface area contributed by atoms with Gasteiger partial charge in [-0.15, -0.1) is 0 Å². The third-order valence-corrected chi connectivity index (χ3v) is 10.3. The van der Waals surface area contributed by atoms with Crippen molar-refractivity contribution in [3.8, 4) is 0 Å². The first-order valence-corrected chi connectivity index (χ1v) is 12.4. The average Bonchev–Trinajstić information content (AvgIpc) is 2.70. The number of nitrogens with one attached hydrogen (secondary N) is 1. The SMILES string of the molecule is Cc1ccc(N[C@@H](C)C(C)C)c([Si](C)(c2ccccc2)c2ccccc2)c1. The summed E-state index contributed by atoms with van der Waals surface area (Å²) in [6.45, 7) is 11.5. The Bertz CT molecular complexity index is 832. The van der Waals surface area contributed by atoms with Crippen LogP contribution in [0.5, 0.6) is 0 Å². The van der Waals surface area contributed by atoms with E-state index in [1.807, 2.05) is 0 Å². The summed E-state index contributed by atoms with van der Waals surface area (Å²) < 4.78 is 0. The minimum atomic E-state index is -2.12. The number of anilines is 1. The Balaban J connectivity index is 2.23. The largest absolute Gasteiger partial charge is 0.382 e. The molecule has 0 aliphatic carbocycles. The van der Waals surface area contributed by atoms with Crippen LogP contribution in [0.2, 0.25) is 6.55 Å². The molecular formula is C25H31NSi. The molecule has 3 aromatic carbocycles. The van der Waals surface area contributed by atoms with Crippen LogP contribution in [0.25, 0.3) is 0 Å². The second-order valence-electron chi connectivity index (χ2n) is 8.08. The molecule has 0 spiro atoms. The average molecular weight is 374 g/mol. The van der Waals surface area contributed by atoms with Gasteiger partial charge in [-0.1, -0.05) is 98.8 Å². The van der Waals surface area contributed by atoms with E-state index in [-0.39, 0.29) is 0 Å². The van der Waals surface area contributed by atoms with Crippen molar-refractivity contribution in [2.45, 2.75) is 40.3 Å². The molecule has 1 N–H and O–H groups in total. The molecule has 3 aromatic rings. The monoisotopic (exact) mass is 373 g/mol. The maximum atomic E-state index is 3.82. The molecule has 27 heavy (non-hydrogen) atoms. The first-order chi connectivity index (χ1) is 12.9. The Morgan fingerprint density at radius 2 is 1.26 bits per heavy atom. The van der Waals surface area contributed by atoms with Gasteiger partial charge in [0.2, 0.25) is 0 Å². The Kier molecular flexibility index (Phi) is 5.86. The molecule has 0 aliphatic rings. The number of aryl methyl sites for hydroxylation is 1. The zero-order chi connectivity index (χ0) is 19.4. The van der Waals surface area contributed by atoms with Gasteiger partial charge >= 0.3 is 0 Å². The lowest BCUT2D eigenvalue weighted by atomic mass is 10.1. The van der Waals surface area contributed by atoms with Crippen LogP contribution >= 0.6 is 0 Å². The molecule has 0 fully saturated rings. The molecule has 0 aromatic heterocycles. The predicted octanol–water partition coefficient (Wildman–Crippen LogP) is 4.55. The van der Waals surface area contributed by atoms with Gasteiger partial charge in [0.05, 0.1) is 0 Å². The highest BCUT2D eigenvalue weighted by molar-refractivity contribution is 7.11. The Morgan fingerprint density at radius 3 is 1.74 bits per heavy atom. The van der Waals surface area contributed by atoms with E-state index < -0.39 is 8.07 Å². The van der Waals surface area contributed by atoms with Crippen molar-refractivity contribution in [1.29, 1.82) is 0 Å². The number of hydrogen-bond acceptors (Lipinski definition) is 1. The minimum absolute atomic E-state index is 0.427. The second kappa shape index (κ2) is 8.14. The van der Waals surface area contributed by atoms with Crippen molar-refractivity contribution in [3.63, 3.8) is 0 Å². The first kappa shape index (κ1) is 19.4. The Morgan fingerprint density at radius 1 is 0.741 bits per heavy atom. The van der Waals surface area contributed by atoms with E-state index in [1.165, 1.54) is 26.8 Å². The van der Waals surface area contributed by atoms with Gasteiger partial charge in [0.15, 0.2) is 0 Å². The summed E-state index contributed by atoms with van der Waals surface area (Å²) in [5.74, 6) is 0.584. The lowest BCUT2D eigenvalue weighted by Crippen LogP contribution is -2.65. The van der Waals surface area contributed by atoms with Crippen LogP contribution in [-0.2, 0) is 0 Å². The van der Waals surface area contributed by atoms with Gasteiger partial charge in [0.25, 0.3) is 0 Å². The molecular weight excluding hydrogens is 342 g/mol. The third kappa shape index (κ3) is 4.01. The summed E-state index contributed by atoms with van der Waals surface area (Å²) in [5, 5.41) is 8.17. The fourth-order valence-electron chi connectivity index (χ4n) is 3.63. The standard InChI is InChI=1S/C25H31NSi/c1-19(2)21(4)26-24-17-16-20(3)18-25(24)27(5,22-12-8-6-9-13-22)23-14-10-7-11-15-23/h6-19,21,26H,1-5H3/t21-/m0/s1. The molecule has 2 heteroatoms. The molecule has 0 aliphatic heterocycles. The smallest absolute Gasteiger partial charge is 0.148 e. The molecule has 1 nitrogen and oxygen atoms in total. The van der Waals surface area contributed by atoms with Crippen molar-refractivity contribution < 1.29 is 0 Å². The van der Waals surface area contributed by atoms with E-state index in [1.54, 1.807) is 0 Å². The number of benzene rings is 3. The Hall–Kier alpha value is -2.32. The lowest BCUT2D eigenvalue weighted by molar-refractivity contribution is 0.560. The van der Waals surface area contributed by atoms with Gasteiger partial charge in [0, 0.05) is 11.7 Å². The summed E-state index contributed by atoms with van der Waals surface area (Å²) in [5.41, 5.74) is 2.60. The topological polar surface area (TPSA) is 12.0 Å². The first-order valence-electron chi connectivity index (χ1n) is 9.91. The summed E-state index contributed by atoms with van der Waals surface area (Å²) in [4.78, 5) is 0. The predicted molar refractivity (Wildman–Crippen MR) is 123 cm³/mol. The highest BCUT2D eigenvalue weighted by Gasteiger charge is 2.36. The lowest BCUT2D eigenvalue weighted by Gasteiger charge is -2.33. The quantitative estimate of drug-likeness (QED) is 0.494. The molecule has 0 bridgehead atoms. The molecule has 0 saturated carbocycles. The zero-order valence-corrected chi connectivity index (χ0v) is 18.2. The van der Waals surface area contributed by atoms with Crippen LogP contribution in [0.15, 0.2) is 78.9 Å². The number of hydrogen-bond donors (Lipinski definition) is 1. The molecule has 0 unspecified atom stereocenters. The highest BCUT2D eigenvalue weighted by atomic mass is 28.3. The molecule has 140 valence electrons. The van der Waals surface area contributed by atoms with Crippen LogP contribution in [0.4, 0.5) is 5.69 Å². The van der Waals surface area contributed by atoms with Gasteiger partial charge in [-0.2, -0.15) is 0 Å². The maximum Gasteiger partial charge on any atom is 0.148 e. The van der Waals surface area contributed by atoms with E-state index in [0.29, 0.717) is 12.0 Å². The van der Waals surface area contributed by atoms with Crippen LogP contribution in [0, 0.1) is 12.8 Å². The number of rotatable bonds is 6. The summed E-state index contributed by atoms with van der Waals surface area (Å²) >= 11 is 0. The van der Waals surface area contributed by atoms with Crippen molar-refractivity contribution in [2.24, 2.45) is 5.92 Å². The van der Waals surface area contributed by atoms with Crippen molar-refractivity contribution in [1.82, 2.24) is 0 Å². The van der Waals surface area contributed by atoms with E-state index in [0.717, 1.165) is 0 Å². The summed E-state index contributed by atoms with van der Waals surface area (Å²) in [7, 11) is -2.12. The fraction of sp³-hybridized carbons (Fsp3) is 0.280. The van der Waals surface area contributed by atoms with Crippen molar-refractivity contribution in [3.05, 3.63) is 84.4 Å². The van der Waals surface area contributed by atoms with Crippen LogP contribution in [-0.4, -0.2) is 14.1 Å². The van der Waals surface area contributed by atoms with Crippen molar-refractivity contribution in [2.75, 3.05) is 5.32 Å². The second-order valence-corrected chi connectivity index (χ2v) is 12.0. The van der Waals surface area contributed by atoms with Gasteiger partial charge in [0.1, 0.15) is 8.07 Å². The van der Waals surface area contributed by atoms with Crippen LogP contribution < -0.4 is 20.9 Å². The van der Waals surface area contributed by atoms with Gasteiger partial charge < -0.3 is 5.32 Å². The molecule has 1 atom stereocenters. The van der Waals surface area contributed by atoms with Crippen molar-refractivity contribution >= 4 is 29.3 Å². The van der Waals surface area contributed by atoms with Gasteiger partial charge in [-0.3, -0.25) is 0 Å². The third-order valence-electron chi connectivity index (χ3n) is 5.80. The maximum absolute atomic E-state index is 3.82. The normalized spacial score (nSPS) is 12.8. The molecule has 0 heterocycles. The van der Waals surface area contributed by atoms with Crippen LogP contribution in [0.1, 0.15) is 26.3 Å². The zero-order valence-electron chi connectivity index (χ0n) is 17.2. The molecule has 0 saturated heterocycles. The van der Waals surface area contributed by atoms with Crippen LogP contribution in [0.3, 0.4) is 0 Å². The summed E-state index contributed by atoms with van der Waals surface area (Å²) in [6.07, 6.45) is 0. The van der Waals surface area contributed by atoms with Gasteiger partial charge in [-0.05, 0) is 41.4 Å². The van der Waals surface area contributed by atoms with E-state index >= 15 is 0 Å². The van der Waals surface area contributed by atoms with E-state index in [4.69, 9.17) is 0 Å². The minimum Gasteiger partial charge on any atom is -0.382 e. The highest BCUT2D eigenvalue weighted by Crippen LogP contribution is 2.18. The van der Waals surface area contributed by atoms with E-state index in [9.17, 15) is 0 Å². The van der Waals surface area contributed by atoms with E-state index in [2.05, 4.69) is 118 Å². The summed E-state index contributed by atoms with van der Waals surface area (Å²) in [6, 6.07) is 29.4. The molecule has 0 amide bonds. The van der Waals surface area contributed by atoms with Gasteiger partial charge in [-0.25, -0.2) is 0 Å².